The van der Waals surface area contributed by atoms with Crippen molar-refractivity contribution < 1.29 is 9.47 Å². The second-order valence-corrected chi connectivity index (χ2v) is 3.42. The number of rotatable bonds is 1. The van der Waals surface area contributed by atoms with E-state index < -0.39 is 0 Å². The summed E-state index contributed by atoms with van der Waals surface area (Å²) in [6, 6.07) is 3.47. The van der Waals surface area contributed by atoms with Crippen molar-refractivity contribution in [2.45, 2.75) is 13.0 Å². The van der Waals surface area contributed by atoms with Gasteiger partial charge in [-0.25, -0.2) is 0 Å². The minimum Gasteiger partial charge on any atom is -0.454 e. The van der Waals surface area contributed by atoms with Gasteiger partial charge in [-0.1, -0.05) is 11.6 Å². The van der Waals surface area contributed by atoms with Gasteiger partial charge in [0.05, 0.1) is 0 Å². The van der Waals surface area contributed by atoms with E-state index in [0.717, 1.165) is 11.3 Å². The molecule has 78 valence electrons. The average Bonchev–Trinajstić information content (AvgIpc) is 2.48. The van der Waals surface area contributed by atoms with E-state index in [1.807, 2.05) is 13.0 Å². The molecule has 1 heterocycles. The molecule has 5 heteroatoms. The zero-order valence-corrected chi connectivity index (χ0v) is 9.19. The predicted octanol–water partition coefficient (Wildman–Crippen LogP) is 2.51. The third-order valence-electron chi connectivity index (χ3n) is 1.98. The first kappa shape index (κ1) is 11.4. The highest BCUT2D eigenvalue weighted by atomic mass is 35.5. The van der Waals surface area contributed by atoms with Gasteiger partial charge in [-0.3, -0.25) is 0 Å². The summed E-state index contributed by atoms with van der Waals surface area (Å²) in [5.74, 6) is 1.41. The molecule has 0 aliphatic carbocycles. The number of nitrogens with two attached hydrogens (primary N) is 1. The molecule has 1 aliphatic rings. The van der Waals surface area contributed by atoms with Crippen LogP contribution in [0, 0.1) is 0 Å². The van der Waals surface area contributed by atoms with Gasteiger partial charge in [-0.2, -0.15) is 0 Å². The van der Waals surface area contributed by atoms with Gasteiger partial charge < -0.3 is 15.2 Å². The normalized spacial score (nSPS) is 14.8. The molecule has 2 N–H and O–H groups in total. The lowest BCUT2D eigenvalue weighted by Crippen LogP contribution is -2.05. The Hall–Kier alpha value is -0.640. The third kappa shape index (κ3) is 1.90. The van der Waals surface area contributed by atoms with E-state index in [1.54, 1.807) is 6.07 Å². The highest BCUT2D eigenvalue weighted by Crippen LogP contribution is 2.38. The number of fused-ring (bicyclic) bond motifs is 1. The summed E-state index contributed by atoms with van der Waals surface area (Å²) >= 11 is 5.99. The molecule has 2 rings (SSSR count). The highest BCUT2D eigenvalue weighted by molar-refractivity contribution is 6.31. The predicted molar refractivity (Wildman–Crippen MR) is 57.4 cm³/mol. The molecule has 0 saturated carbocycles. The van der Waals surface area contributed by atoms with Crippen LogP contribution in [0.25, 0.3) is 0 Å². The van der Waals surface area contributed by atoms with Crippen LogP contribution in [0.2, 0.25) is 5.02 Å². The zero-order chi connectivity index (χ0) is 9.42. The summed E-state index contributed by atoms with van der Waals surface area (Å²) < 4.78 is 10.4. The lowest BCUT2D eigenvalue weighted by Gasteiger charge is -2.08. The molecule has 1 aromatic rings. The number of benzene rings is 1. The Morgan fingerprint density at radius 2 is 1.93 bits per heavy atom. The van der Waals surface area contributed by atoms with Crippen LogP contribution in [0.4, 0.5) is 0 Å². The van der Waals surface area contributed by atoms with Crippen molar-refractivity contribution in [3.8, 4) is 11.5 Å². The van der Waals surface area contributed by atoms with Gasteiger partial charge in [0.1, 0.15) is 0 Å². The maximum absolute atomic E-state index is 5.99. The monoisotopic (exact) mass is 235 g/mol. The Bertz CT molecular complexity index is 342. The zero-order valence-electron chi connectivity index (χ0n) is 7.62. The van der Waals surface area contributed by atoms with E-state index >= 15 is 0 Å². The molecule has 14 heavy (non-hydrogen) atoms. The van der Waals surface area contributed by atoms with Crippen molar-refractivity contribution in [1.29, 1.82) is 0 Å². The van der Waals surface area contributed by atoms with Crippen LogP contribution in [0.15, 0.2) is 12.1 Å². The van der Waals surface area contributed by atoms with Crippen molar-refractivity contribution in [2.75, 3.05) is 6.79 Å². The molecular weight excluding hydrogens is 225 g/mol. The van der Waals surface area contributed by atoms with Crippen LogP contribution in [0.1, 0.15) is 18.5 Å². The lowest BCUT2D eigenvalue weighted by molar-refractivity contribution is 0.174. The summed E-state index contributed by atoms with van der Waals surface area (Å²) in [6.07, 6.45) is 0. The van der Waals surface area contributed by atoms with Gasteiger partial charge >= 0.3 is 0 Å². The van der Waals surface area contributed by atoms with Gasteiger partial charge in [-0.15, -0.1) is 12.4 Å². The molecular formula is C9H11Cl2NO2. The molecule has 1 aliphatic heterocycles. The fourth-order valence-electron chi connectivity index (χ4n) is 1.28. The first-order valence-electron chi connectivity index (χ1n) is 4.03. The van der Waals surface area contributed by atoms with Crippen molar-refractivity contribution in [3.05, 3.63) is 22.7 Å². The Balaban J connectivity index is 0.000000980. The maximum atomic E-state index is 5.99. The summed E-state index contributed by atoms with van der Waals surface area (Å²) in [4.78, 5) is 0. The van der Waals surface area contributed by atoms with Crippen LogP contribution < -0.4 is 15.2 Å². The minimum absolute atomic E-state index is 0. The Labute approximate surface area is 93.5 Å². The van der Waals surface area contributed by atoms with E-state index in [0.29, 0.717) is 10.8 Å². The lowest BCUT2D eigenvalue weighted by atomic mass is 10.1. The van der Waals surface area contributed by atoms with Gasteiger partial charge in [-0.05, 0) is 18.6 Å². The summed E-state index contributed by atoms with van der Waals surface area (Å²) in [6.45, 7) is 2.14. The molecule has 0 radical (unpaired) electrons. The fraction of sp³-hybridized carbons (Fsp3) is 0.333. The van der Waals surface area contributed by atoms with Gasteiger partial charge in [0.15, 0.2) is 11.5 Å². The molecule has 3 nitrogen and oxygen atoms in total. The first-order chi connectivity index (χ1) is 6.18. The number of hydrogen-bond acceptors (Lipinski definition) is 3. The second-order valence-electron chi connectivity index (χ2n) is 3.02. The largest absolute Gasteiger partial charge is 0.454 e. The number of hydrogen-bond donors (Lipinski definition) is 1. The summed E-state index contributed by atoms with van der Waals surface area (Å²) in [7, 11) is 0. The third-order valence-corrected chi connectivity index (χ3v) is 2.31. The van der Waals surface area contributed by atoms with Crippen molar-refractivity contribution in [2.24, 2.45) is 5.73 Å². The summed E-state index contributed by atoms with van der Waals surface area (Å²) in [5.41, 5.74) is 6.61. The van der Waals surface area contributed by atoms with Crippen LogP contribution in [-0.2, 0) is 0 Å². The SMILES string of the molecule is C[C@@H](N)c1cc2c(cc1Cl)OCO2.Cl. The van der Waals surface area contributed by atoms with Crippen molar-refractivity contribution in [1.82, 2.24) is 0 Å². The van der Waals surface area contributed by atoms with Gasteiger partial charge in [0.2, 0.25) is 6.79 Å². The highest BCUT2D eigenvalue weighted by Gasteiger charge is 2.17. The van der Waals surface area contributed by atoms with E-state index in [-0.39, 0.29) is 25.2 Å². The Morgan fingerprint density at radius 1 is 1.36 bits per heavy atom. The van der Waals surface area contributed by atoms with Gasteiger partial charge in [0.25, 0.3) is 0 Å². The van der Waals surface area contributed by atoms with Crippen molar-refractivity contribution >= 4 is 24.0 Å². The molecule has 0 spiro atoms. The smallest absolute Gasteiger partial charge is 0.231 e. The van der Waals surface area contributed by atoms with Crippen LogP contribution >= 0.6 is 24.0 Å². The van der Waals surface area contributed by atoms with Crippen molar-refractivity contribution in [3.63, 3.8) is 0 Å². The first-order valence-corrected chi connectivity index (χ1v) is 4.41. The molecule has 0 fully saturated rings. The number of halogens is 2. The standard InChI is InChI=1S/C9H10ClNO2.ClH/c1-5(11)6-2-8-9(3-7(6)10)13-4-12-8;/h2-3,5H,4,11H2,1H3;1H/t5-;/m1./s1. The topological polar surface area (TPSA) is 44.5 Å². The minimum atomic E-state index is -0.0954. The molecule has 0 saturated heterocycles. The summed E-state index contributed by atoms with van der Waals surface area (Å²) in [5, 5.41) is 0.624. The Kier molecular flexibility index (Phi) is 3.48. The van der Waals surface area contributed by atoms with E-state index in [4.69, 9.17) is 26.8 Å². The maximum Gasteiger partial charge on any atom is 0.231 e. The quantitative estimate of drug-likeness (QED) is 0.814. The molecule has 0 bridgehead atoms. The molecule has 0 amide bonds. The molecule has 0 unspecified atom stereocenters. The average molecular weight is 236 g/mol. The van der Waals surface area contributed by atoms with Crippen LogP contribution in [-0.4, -0.2) is 6.79 Å². The van der Waals surface area contributed by atoms with Gasteiger partial charge in [0, 0.05) is 17.1 Å². The fourth-order valence-corrected chi connectivity index (χ4v) is 1.61. The molecule has 1 aromatic carbocycles. The van der Waals surface area contributed by atoms with Crippen LogP contribution in [0.3, 0.4) is 0 Å². The van der Waals surface area contributed by atoms with E-state index in [2.05, 4.69) is 0 Å². The second kappa shape index (κ2) is 4.26. The van der Waals surface area contributed by atoms with Crippen LogP contribution in [0.5, 0.6) is 11.5 Å². The molecule has 1 atom stereocenters. The Morgan fingerprint density at radius 3 is 2.50 bits per heavy atom. The van der Waals surface area contributed by atoms with E-state index in [1.165, 1.54) is 0 Å². The number of ether oxygens (including phenoxy) is 2. The molecule has 0 aromatic heterocycles. The van der Waals surface area contributed by atoms with E-state index in [9.17, 15) is 0 Å².